The van der Waals surface area contributed by atoms with Crippen LogP contribution >= 0.6 is 0 Å². The van der Waals surface area contributed by atoms with Crippen molar-refractivity contribution in [2.24, 2.45) is 5.10 Å². The number of nitrogens with zero attached hydrogens (tertiary/aromatic N) is 2. The second kappa shape index (κ2) is 10.8. The van der Waals surface area contributed by atoms with Gasteiger partial charge in [0.2, 0.25) is 0 Å². The van der Waals surface area contributed by atoms with Crippen LogP contribution in [-0.2, 0) is 0 Å². The van der Waals surface area contributed by atoms with Gasteiger partial charge < -0.3 is 9.47 Å². The van der Waals surface area contributed by atoms with Crippen LogP contribution in [0.2, 0.25) is 0 Å². The molecule has 0 spiro atoms. The molecule has 1 heterocycles. The lowest BCUT2D eigenvalue weighted by atomic mass is 10.1. The molecule has 2 aromatic carbocycles. The summed E-state index contributed by atoms with van der Waals surface area (Å²) in [5.74, 6) is 1.22. The average Bonchev–Trinajstić information content (AvgIpc) is 3.28. The number of carbonyl (C=O) groups excluding carboxylic acids is 1. The monoisotopic (exact) mass is 406 g/mol. The number of amides is 1. The molecular weight excluding hydrogens is 380 g/mol. The van der Waals surface area contributed by atoms with Gasteiger partial charge in [-0.15, -0.1) is 0 Å². The minimum atomic E-state index is -0.366. The Morgan fingerprint density at radius 2 is 1.83 bits per heavy atom. The van der Waals surface area contributed by atoms with Gasteiger partial charge in [-0.1, -0.05) is 19.8 Å². The maximum absolute atomic E-state index is 12.3. The van der Waals surface area contributed by atoms with Gasteiger partial charge in [-0.3, -0.25) is 9.89 Å². The summed E-state index contributed by atoms with van der Waals surface area (Å²) in [6.45, 7) is 2.89. The zero-order valence-electron chi connectivity index (χ0n) is 17.2. The van der Waals surface area contributed by atoms with Gasteiger partial charge in [0.1, 0.15) is 17.2 Å². The first kappa shape index (κ1) is 21.1. The fourth-order valence-electron chi connectivity index (χ4n) is 2.77. The maximum Gasteiger partial charge on any atom is 0.289 e. The molecule has 30 heavy (non-hydrogen) atoms. The van der Waals surface area contributed by atoms with Crippen molar-refractivity contribution in [1.29, 1.82) is 0 Å². The number of hydrogen-bond donors (Lipinski definition) is 2. The summed E-state index contributed by atoms with van der Waals surface area (Å²) >= 11 is 0. The number of unbranched alkanes of at least 4 members (excludes halogenated alkanes) is 2. The van der Waals surface area contributed by atoms with Crippen molar-refractivity contribution in [3.63, 3.8) is 0 Å². The molecule has 0 fully saturated rings. The highest BCUT2D eigenvalue weighted by atomic mass is 16.5. The van der Waals surface area contributed by atoms with E-state index in [1.807, 2.05) is 48.5 Å². The predicted molar refractivity (Wildman–Crippen MR) is 117 cm³/mol. The SMILES string of the molecule is CCCCCOc1ccc(-c2cc(C(=O)N/N=C/c3ccc(OC)cc3)[nH]n2)cc1. The van der Waals surface area contributed by atoms with Gasteiger partial charge >= 0.3 is 0 Å². The molecule has 0 radical (unpaired) electrons. The molecule has 1 aromatic heterocycles. The second-order valence-corrected chi connectivity index (χ2v) is 6.72. The quantitative estimate of drug-likeness (QED) is 0.296. The molecule has 0 unspecified atom stereocenters. The molecule has 0 saturated heterocycles. The van der Waals surface area contributed by atoms with E-state index in [0.29, 0.717) is 11.4 Å². The summed E-state index contributed by atoms with van der Waals surface area (Å²) in [5.41, 5.74) is 5.24. The van der Waals surface area contributed by atoms with Crippen molar-refractivity contribution in [3.05, 3.63) is 65.9 Å². The molecule has 156 valence electrons. The largest absolute Gasteiger partial charge is 0.497 e. The van der Waals surface area contributed by atoms with Gasteiger partial charge in [0.25, 0.3) is 5.91 Å². The molecule has 3 rings (SSSR count). The third-order valence-corrected chi connectivity index (χ3v) is 4.48. The average molecular weight is 406 g/mol. The van der Waals surface area contributed by atoms with Gasteiger partial charge in [-0.2, -0.15) is 10.2 Å². The Morgan fingerprint density at radius 3 is 2.53 bits per heavy atom. The Balaban J connectivity index is 1.54. The van der Waals surface area contributed by atoms with Gasteiger partial charge in [0.05, 0.1) is 25.6 Å². The van der Waals surface area contributed by atoms with E-state index in [4.69, 9.17) is 9.47 Å². The molecule has 7 heteroatoms. The number of H-pyrrole nitrogens is 1. The summed E-state index contributed by atoms with van der Waals surface area (Å²) in [7, 11) is 1.61. The number of aromatic amines is 1. The third-order valence-electron chi connectivity index (χ3n) is 4.48. The zero-order valence-corrected chi connectivity index (χ0v) is 17.2. The number of methoxy groups -OCH3 is 1. The Labute approximate surface area is 176 Å². The Morgan fingerprint density at radius 1 is 1.10 bits per heavy atom. The fourth-order valence-corrected chi connectivity index (χ4v) is 2.77. The number of nitrogens with one attached hydrogen (secondary N) is 2. The molecule has 3 aromatic rings. The highest BCUT2D eigenvalue weighted by molar-refractivity contribution is 5.94. The lowest BCUT2D eigenvalue weighted by Gasteiger charge is -2.06. The van der Waals surface area contributed by atoms with Crippen LogP contribution in [0.4, 0.5) is 0 Å². The number of rotatable bonds is 10. The summed E-state index contributed by atoms with van der Waals surface area (Å²) < 4.78 is 10.8. The van der Waals surface area contributed by atoms with Crippen molar-refractivity contribution in [2.75, 3.05) is 13.7 Å². The normalized spacial score (nSPS) is 10.9. The third kappa shape index (κ3) is 5.94. The zero-order chi connectivity index (χ0) is 21.2. The molecule has 7 nitrogen and oxygen atoms in total. The van der Waals surface area contributed by atoms with E-state index >= 15 is 0 Å². The number of aromatic nitrogens is 2. The van der Waals surface area contributed by atoms with Crippen LogP contribution < -0.4 is 14.9 Å². The first-order valence-corrected chi connectivity index (χ1v) is 9.95. The molecule has 0 aliphatic carbocycles. The fraction of sp³-hybridized carbons (Fsp3) is 0.261. The summed E-state index contributed by atoms with van der Waals surface area (Å²) in [5, 5.41) is 10.9. The minimum Gasteiger partial charge on any atom is -0.497 e. The van der Waals surface area contributed by atoms with Gasteiger partial charge in [0, 0.05) is 5.56 Å². The molecule has 2 N–H and O–H groups in total. The van der Waals surface area contributed by atoms with Crippen LogP contribution in [0.15, 0.2) is 59.7 Å². The lowest BCUT2D eigenvalue weighted by molar-refractivity contribution is 0.0950. The standard InChI is InChI=1S/C23H26N4O3/c1-3-4-5-14-30-20-12-8-18(9-13-20)21-15-22(26-25-21)23(28)27-24-16-17-6-10-19(29-2)11-7-17/h6-13,15-16H,3-5,14H2,1-2H3,(H,25,26)(H,27,28)/b24-16+. The van der Waals surface area contributed by atoms with E-state index in [9.17, 15) is 4.79 Å². The van der Waals surface area contributed by atoms with E-state index in [1.54, 1.807) is 19.4 Å². The van der Waals surface area contributed by atoms with Crippen molar-refractivity contribution >= 4 is 12.1 Å². The smallest absolute Gasteiger partial charge is 0.289 e. The molecule has 0 aliphatic rings. The number of benzene rings is 2. The number of ether oxygens (including phenoxy) is 2. The van der Waals surface area contributed by atoms with Crippen LogP contribution in [-0.4, -0.2) is 36.0 Å². The highest BCUT2D eigenvalue weighted by Crippen LogP contribution is 2.21. The van der Waals surface area contributed by atoms with Crippen molar-refractivity contribution in [1.82, 2.24) is 15.6 Å². The summed E-state index contributed by atoms with van der Waals surface area (Å²) in [6, 6.07) is 16.7. The van der Waals surface area contributed by atoms with E-state index in [0.717, 1.165) is 35.7 Å². The van der Waals surface area contributed by atoms with E-state index in [-0.39, 0.29) is 5.91 Å². The van der Waals surface area contributed by atoms with E-state index in [2.05, 4.69) is 27.6 Å². The van der Waals surface area contributed by atoms with Crippen molar-refractivity contribution in [2.45, 2.75) is 26.2 Å². The molecule has 0 bridgehead atoms. The molecular formula is C23H26N4O3. The number of carbonyl (C=O) groups is 1. The van der Waals surface area contributed by atoms with Gasteiger partial charge in [-0.25, -0.2) is 5.43 Å². The predicted octanol–water partition coefficient (Wildman–Crippen LogP) is 4.42. The summed E-state index contributed by atoms with van der Waals surface area (Å²) in [4.78, 5) is 12.3. The Kier molecular flexibility index (Phi) is 7.60. The first-order chi connectivity index (χ1) is 14.7. The number of hydrazone groups is 1. The van der Waals surface area contributed by atoms with Crippen LogP contribution in [0, 0.1) is 0 Å². The maximum atomic E-state index is 12.3. The molecule has 1 amide bonds. The molecule has 0 aliphatic heterocycles. The first-order valence-electron chi connectivity index (χ1n) is 9.95. The topological polar surface area (TPSA) is 88.6 Å². The van der Waals surface area contributed by atoms with E-state index in [1.165, 1.54) is 12.8 Å². The Hall–Kier alpha value is -3.61. The summed E-state index contributed by atoms with van der Waals surface area (Å²) in [6.07, 6.45) is 4.95. The van der Waals surface area contributed by atoms with Crippen molar-refractivity contribution < 1.29 is 14.3 Å². The Bertz CT molecular complexity index is 963. The number of hydrogen-bond acceptors (Lipinski definition) is 5. The van der Waals surface area contributed by atoms with Crippen molar-refractivity contribution in [3.8, 4) is 22.8 Å². The van der Waals surface area contributed by atoms with Gasteiger partial charge in [0.15, 0.2) is 0 Å². The second-order valence-electron chi connectivity index (χ2n) is 6.72. The molecule has 0 atom stereocenters. The highest BCUT2D eigenvalue weighted by Gasteiger charge is 2.10. The minimum absolute atomic E-state index is 0.330. The van der Waals surface area contributed by atoms with Gasteiger partial charge in [-0.05, 0) is 66.6 Å². The van der Waals surface area contributed by atoms with Crippen LogP contribution in [0.5, 0.6) is 11.5 Å². The van der Waals surface area contributed by atoms with Crippen LogP contribution in [0.1, 0.15) is 42.2 Å². The van der Waals surface area contributed by atoms with Crippen LogP contribution in [0.25, 0.3) is 11.3 Å². The lowest BCUT2D eigenvalue weighted by Crippen LogP contribution is -2.17. The van der Waals surface area contributed by atoms with Crippen LogP contribution in [0.3, 0.4) is 0 Å². The van der Waals surface area contributed by atoms with E-state index < -0.39 is 0 Å². The molecule has 0 saturated carbocycles.